The average molecular weight is 402 g/mol. The summed E-state index contributed by atoms with van der Waals surface area (Å²) in [7, 11) is 2.15. The molecule has 0 atom stereocenters. The van der Waals surface area contributed by atoms with E-state index in [-0.39, 0.29) is 5.91 Å². The number of nitrogens with zero attached hydrogens (tertiary/aromatic N) is 2. The monoisotopic (exact) mass is 401 g/mol. The summed E-state index contributed by atoms with van der Waals surface area (Å²) in [4.78, 5) is 17.6. The minimum atomic E-state index is -0.130. The highest BCUT2D eigenvalue weighted by Crippen LogP contribution is 2.21. The average Bonchev–Trinajstić information content (AvgIpc) is 2.80. The molecule has 1 aliphatic heterocycles. The summed E-state index contributed by atoms with van der Waals surface area (Å²) < 4.78 is 5.83. The first-order valence-electron chi connectivity index (χ1n) is 10.3. The highest BCUT2D eigenvalue weighted by atomic mass is 16.5. The first-order chi connectivity index (χ1) is 14.7. The smallest absolute Gasteiger partial charge is 0.256 e. The number of ether oxygens (including phenoxy) is 1. The van der Waals surface area contributed by atoms with E-state index in [1.54, 1.807) is 0 Å². The SMILES string of the molecule is CN1CCN(c2ccc(NC(=O)c3ccccc3COc3ccccc3)cc2)CC1. The fraction of sp³-hybridized carbons (Fsp3) is 0.240. The molecule has 1 N–H and O–H groups in total. The Morgan fingerprint density at radius 3 is 2.27 bits per heavy atom. The number of nitrogens with one attached hydrogen (secondary N) is 1. The maximum atomic E-state index is 12.9. The van der Waals surface area contributed by atoms with Gasteiger partial charge in [0.05, 0.1) is 0 Å². The summed E-state index contributed by atoms with van der Waals surface area (Å²) in [5.41, 5.74) is 3.46. The molecule has 0 spiro atoms. The lowest BCUT2D eigenvalue weighted by Crippen LogP contribution is -2.44. The number of para-hydroxylation sites is 1. The van der Waals surface area contributed by atoms with Gasteiger partial charge in [0.1, 0.15) is 12.4 Å². The summed E-state index contributed by atoms with van der Waals surface area (Å²) >= 11 is 0. The Hall–Kier alpha value is -3.31. The van der Waals surface area contributed by atoms with E-state index in [1.807, 2.05) is 66.7 Å². The molecular formula is C25H27N3O2. The molecule has 1 saturated heterocycles. The van der Waals surface area contributed by atoms with Crippen molar-refractivity contribution in [2.75, 3.05) is 43.4 Å². The lowest BCUT2D eigenvalue weighted by atomic mass is 10.1. The molecule has 4 rings (SSSR count). The Morgan fingerprint density at radius 1 is 0.867 bits per heavy atom. The van der Waals surface area contributed by atoms with Crippen molar-refractivity contribution in [1.82, 2.24) is 4.90 Å². The Labute approximate surface area is 177 Å². The van der Waals surface area contributed by atoms with Gasteiger partial charge in [0.15, 0.2) is 0 Å². The van der Waals surface area contributed by atoms with E-state index < -0.39 is 0 Å². The number of likely N-dealkylation sites (N-methyl/N-ethyl adjacent to an activating group) is 1. The molecule has 154 valence electrons. The summed E-state index contributed by atoms with van der Waals surface area (Å²) in [5.74, 6) is 0.654. The number of hydrogen-bond acceptors (Lipinski definition) is 4. The number of carbonyl (C=O) groups is 1. The molecule has 0 aromatic heterocycles. The van der Waals surface area contributed by atoms with Crippen LogP contribution in [0, 0.1) is 0 Å². The third-order valence-electron chi connectivity index (χ3n) is 5.39. The number of anilines is 2. The summed E-state index contributed by atoms with van der Waals surface area (Å²) in [6, 6.07) is 25.3. The molecule has 0 aliphatic carbocycles. The summed E-state index contributed by atoms with van der Waals surface area (Å²) in [6.07, 6.45) is 0. The van der Waals surface area contributed by atoms with Crippen LogP contribution in [-0.2, 0) is 6.61 Å². The van der Waals surface area contributed by atoms with Gasteiger partial charge < -0.3 is 19.9 Å². The third-order valence-corrected chi connectivity index (χ3v) is 5.39. The molecule has 1 heterocycles. The first kappa shape index (κ1) is 20.0. The van der Waals surface area contributed by atoms with E-state index in [0.29, 0.717) is 12.2 Å². The van der Waals surface area contributed by atoms with E-state index in [9.17, 15) is 4.79 Å². The molecule has 30 heavy (non-hydrogen) atoms. The van der Waals surface area contributed by atoms with Gasteiger partial charge in [0.25, 0.3) is 5.91 Å². The molecule has 0 unspecified atom stereocenters. The van der Waals surface area contributed by atoms with Crippen LogP contribution in [-0.4, -0.2) is 44.0 Å². The summed E-state index contributed by atoms with van der Waals surface area (Å²) in [6.45, 7) is 4.53. The normalized spacial score (nSPS) is 14.4. The van der Waals surface area contributed by atoms with Gasteiger partial charge in [-0.15, -0.1) is 0 Å². The molecule has 5 nitrogen and oxygen atoms in total. The standard InChI is InChI=1S/C25H27N3O2/c1-27-15-17-28(18-16-27)22-13-11-21(12-14-22)26-25(29)24-10-6-5-7-20(24)19-30-23-8-3-2-4-9-23/h2-14H,15-19H2,1H3,(H,26,29). The van der Waals surface area contributed by atoms with Gasteiger partial charge >= 0.3 is 0 Å². The van der Waals surface area contributed by atoms with Crippen molar-refractivity contribution in [2.24, 2.45) is 0 Å². The zero-order valence-corrected chi connectivity index (χ0v) is 17.3. The number of hydrogen-bond donors (Lipinski definition) is 1. The molecule has 3 aromatic carbocycles. The van der Waals surface area contributed by atoms with Gasteiger partial charge in [0.2, 0.25) is 0 Å². The van der Waals surface area contributed by atoms with Gasteiger partial charge in [-0.2, -0.15) is 0 Å². The lowest BCUT2D eigenvalue weighted by molar-refractivity contribution is 0.102. The van der Waals surface area contributed by atoms with E-state index in [1.165, 1.54) is 5.69 Å². The topological polar surface area (TPSA) is 44.8 Å². The minimum Gasteiger partial charge on any atom is -0.489 e. The van der Waals surface area contributed by atoms with Gasteiger partial charge in [-0.1, -0.05) is 36.4 Å². The fourth-order valence-electron chi connectivity index (χ4n) is 3.56. The zero-order chi connectivity index (χ0) is 20.8. The second-order valence-corrected chi connectivity index (χ2v) is 7.55. The highest BCUT2D eigenvalue weighted by molar-refractivity contribution is 6.05. The van der Waals surface area contributed by atoms with Crippen molar-refractivity contribution in [3.05, 3.63) is 90.0 Å². The molecule has 0 radical (unpaired) electrons. The Bertz CT molecular complexity index is 965. The molecular weight excluding hydrogens is 374 g/mol. The number of carbonyl (C=O) groups excluding carboxylic acids is 1. The first-order valence-corrected chi connectivity index (χ1v) is 10.3. The van der Waals surface area contributed by atoms with Crippen LogP contribution in [0.25, 0.3) is 0 Å². The zero-order valence-electron chi connectivity index (χ0n) is 17.3. The van der Waals surface area contributed by atoms with Crippen LogP contribution in [0.4, 0.5) is 11.4 Å². The van der Waals surface area contributed by atoms with Crippen molar-refractivity contribution < 1.29 is 9.53 Å². The van der Waals surface area contributed by atoms with E-state index >= 15 is 0 Å². The van der Waals surface area contributed by atoms with E-state index in [4.69, 9.17) is 4.74 Å². The van der Waals surface area contributed by atoms with Gasteiger partial charge in [-0.3, -0.25) is 4.79 Å². The van der Waals surface area contributed by atoms with E-state index in [2.05, 4.69) is 34.3 Å². The number of amides is 1. The van der Waals surface area contributed by atoms with Crippen LogP contribution in [0.1, 0.15) is 15.9 Å². The molecule has 1 fully saturated rings. The van der Waals surface area contributed by atoms with Crippen LogP contribution in [0.3, 0.4) is 0 Å². The molecule has 1 aliphatic rings. The quantitative estimate of drug-likeness (QED) is 0.670. The van der Waals surface area contributed by atoms with E-state index in [0.717, 1.165) is 43.2 Å². The molecule has 0 saturated carbocycles. The Morgan fingerprint density at radius 2 is 1.53 bits per heavy atom. The highest BCUT2D eigenvalue weighted by Gasteiger charge is 2.15. The van der Waals surface area contributed by atoms with Gasteiger partial charge in [-0.05, 0) is 49.5 Å². The number of benzene rings is 3. The predicted octanol–water partition coefficient (Wildman–Crippen LogP) is 4.27. The molecule has 0 bridgehead atoms. The van der Waals surface area contributed by atoms with Gasteiger partial charge in [-0.25, -0.2) is 0 Å². The summed E-state index contributed by atoms with van der Waals surface area (Å²) in [5, 5.41) is 3.01. The van der Waals surface area contributed by atoms with Crippen molar-refractivity contribution in [3.63, 3.8) is 0 Å². The number of rotatable bonds is 6. The maximum absolute atomic E-state index is 12.9. The molecule has 3 aromatic rings. The van der Waals surface area contributed by atoms with Gasteiger partial charge in [0, 0.05) is 48.7 Å². The second-order valence-electron chi connectivity index (χ2n) is 7.55. The van der Waals surface area contributed by atoms with Crippen molar-refractivity contribution >= 4 is 17.3 Å². The van der Waals surface area contributed by atoms with Crippen LogP contribution in [0.2, 0.25) is 0 Å². The van der Waals surface area contributed by atoms with Crippen LogP contribution in [0.5, 0.6) is 5.75 Å². The van der Waals surface area contributed by atoms with Crippen LogP contribution >= 0.6 is 0 Å². The second kappa shape index (κ2) is 9.46. The molecule has 5 heteroatoms. The largest absolute Gasteiger partial charge is 0.489 e. The Kier molecular flexibility index (Phi) is 6.30. The lowest BCUT2D eigenvalue weighted by Gasteiger charge is -2.34. The third kappa shape index (κ3) is 4.99. The maximum Gasteiger partial charge on any atom is 0.256 e. The fourth-order valence-corrected chi connectivity index (χ4v) is 3.56. The predicted molar refractivity (Wildman–Crippen MR) is 121 cm³/mol. The number of piperazine rings is 1. The van der Waals surface area contributed by atoms with Crippen LogP contribution < -0.4 is 15.0 Å². The molecule has 1 amide bonds. The van der Waals surface area contributed by atoms with Crippen molar-refractivity contribution in [1.29, 1.82) is 0 Å². The van der Waals surface area contributed by atoms with Crippen molar-refractivity contribution in [2.45, 2.75) is 6.61 Å². The van der Waals surface area contributed by atoms with Crippen molar-refractivity contribution in [3.8, 4) is 5.75 Å². The van der Waals surface area contributed by atoms with Crippen LogP contribution in [0.15, 0.2) is 78.9 Å². The Balaban J connectivity index is 1.40. The minimum absolute atomic E-state index is 0.130.